The molecule has 0 saturated carbocycles. The van der Waals surface area contributed by atoms with Crippen LogP contribution in [0.2, 0.25) is 0 Å². The Morgan fingerprint density at radius 2 is 2.16 bits per heavy atom. The molecule has 0 bridgehead atoms. The number of nitrogens with one attached hydrogen (secondary N) is 1. The summed E-state index contributed by atoms with van der Waals surface area (Å²) in [7, 11) is 0. The smallest absolute Gasteiger partial charge is 0.326 e. The maximum atomic E-state index is 11.6. The first-order valence-corrected chi connectivity index (χ1v) is 6.31. The Labute approximate surface area is 113 Å². The minimum absolute atomic E-state index is 0.387. The number of aryl methyl sites for hydroxylation is 1. The number of carboxylic acid groups (broad SMARTS) is 1. The molecule has 0 spiro atoms. The van der Waals surface area contributed by atoms with Crippen LogP contribution in [-0.4, -0.2) is 23.0 Å². The molecule has 102 valence electrons. The summed E-state index contributed by atoms with van der Waals surface area (Å²) in [6.07, 6.45) is 4.17. The number of rotatable bonds is 6. The van der Waals surface area contributed by atoms with Gasteiger partial charge in [0.25, 0.3) is 0 Å². The molecule has 0 unspecified atom stereocenters. The molecule has 0 aliphatic rings. The molecule has 1 amide bonds. The van der Waals surface area contributed by atoms with Crippen LogP contribution >= 0.6 is 0 Å². The maximum Gasteiger partial charge on any atom is 0.326 e. The van der Waals surface area contributed by atoms with Crippen LogP contribution in [0.25, 0.3) is 6.08 Å². The lowest BCUT2D eigenvalue weighted by Crippen LogP contribution is -2.39. The van der Waals surface area contributed by atoms with Crippen LogP contribution in [0.3, 0.4) is 0 Å². The Bertz CT molecular complexity index is 480. The van der Waals surface area contributed by atoms with Crippen molar-refractivity contribution in [2.75, 3.05) is 0 Å². The van der Waals surface area contributed by atoms with Gasteiger partial charge in [-0.05, 0) is 25.0 Å². The number of carbonyl (C=O) groups excluding carboxylic acids is 1. The highest BCUT2D eigenvalue weighted by molar-refractivity contribution is 5.94. The lowest BCUT2D eigenvalue weighted by Gasteiger charge is -2.11. The first-order chi connectivity index (χ1) is 9.02. The van der Waals surface area contributed by atoms with Gasteiger partial charge in [0.15, 0.2) is 0 Å². The summed E-state index contributed by atoms with van der Waals surface area (Å²) in [5.74, 6) is -1.39. The lowest BCUT2D eigenvalue weighted by molar-refractivity contribution is -0.141. The van der Waals surface area contributed by atoms with Gasteiger partial charge in [-0.2, -0.15) is 0 Å². The van der Waals surface area contributed by atoms with Gasteiger partial charge in [-0.1, -0.05) is 43.2 Å². The van der Waals surface area contributed by atoms with E-state index in [1.165, 1.54) is 6.08 Å². The zero-order valence-corrected chi connectivity index (χ0v) is 11.2. The number of amides is 1. The molecule has 0 aromatic heterocycles. The fraction of sp³-hybridized carbons (Fsp3) is 0.333. The fourth-order valence-electron chi connectivity index (χ4n) is 1.71. The Balaban J connectivity index is 2.61. The number of carboxylic acids is 1. The van der Waals surface area contributed by atoms with Crippen molar-refractivity contribution in [3.8, 4) is 0 Å². The number of carbonyl (C=O) groups is 2. The average molecular weight is 261 g/mol. The topological polar surface area (TPSA) is 66.4 Å². The minimum Gasteiger partial charge on any atom is -0.480 e. The molecular formula is C15H19NO3. The Hall–Kier alpha value is -2.10. The number of benzene rings is 1. The van der Waals surface area contributed by atoms with E-state index in [1.54, 1.807) is 6.08 Å². The molecule has 0 fully saturated rings. The molecule has 4 heteroatoms. The van der Waals surface area contributed by atoms with Crippen molar-refractivity contribution in [1.82, 2.24) is 5.32 Å². The van der Waals surface area contributed by atoms with E-state index < -0.39 is 12.0 Å². The van der Waals surface area contributed by atoms with Crippen LogP contribution in [0.15, 0.2) is 30.3 Å². The summed E-state index contributed by atoms with van der Waals surface area (Å²) in [6.45, 7) is 3.85. The predicted octanol–water partition coefficient (Wildman–Crippen LogP) is 2.38. The van der Waals surface area contributed by atoms with E-state index in [1.807, 2.05) is 38.1 Å². The highest BCUT2D eigenvalue weighted by Crippen LogP contribution is 2.05. The van der Waals surface area contributed by atoms with Gasteiger partial charge in [0.05, 0.1) is 0 Å². The molecule has 0 heterocycles. The normalized spacial score (nSPS) is 12.3. The zero-order chi connectivity index (χ0) is 14.3. The molecule has 0 aliphatic carbocycles. The van der Waals surface area contributed by atoms with Gasteiger partial charge in [0.1, 0.15) is 6.04 Å². The molecule has 0 saturated heterocycles. The molecule has 1 aromatic carbocycles. The SMILES string of the molecule is CCC[C@@H](NC(=O)/C=C/c1cccc(C)c1)C(=O)O. The summed E-state index contributed by atoms with van der Waals surface area (Å²) in [5, 5.41) is 11.4. The third-order valence-electron chi connectivity index (χ3n) is 2.66. The van der Waals surface area contributed by atoms with Crippen molar-refractivity contribution in [2.45, 2.75) is 32.7 Å². The molecule has 2 N–H and O–H groups in total. The number of hydrogen-bond donors (Lipinski definition) is 2. The number of hydrogen-bond acceptors (Lipinski definition) is 2. The standard InChI is InChI=1S/C15H19NO3/c1-3-5-13(15(18)19)16-14(17)9-8-12-7-4-6-11(2)10-12/h4,6-10,13H,3,5H2,1-2H3,(H,16,17)(H,18,19)/b9-8+/t13-/m1/s1. The van der Waals surface area contributed by atoms with Crippen molar-refractivity contribution >= 4 is 18.0 Å². The first kappa shape index (κ1) is 15.0. The van der Waals surface area contributed by atoms with Gasteiger partial charge in [-0.15, -0.1) is 0 Å². The van der Waals surface area contributed by atoms with Crippen molar-refractivity contribution in [3.05, 3.63) is 41.5 Å². The molecule has 4 nitrogen and oxygen atoms in total. The monoisotopic (exact) mass is 261 g/mol. The Morgan fingerprint density at radius 3 is 2.74 bits per heavy atom. The maximum absolute atomic E-state index is 11.6. The van der Waals surface area contributed by atoms with Gasteiger partial charge >= 0.3 is 5.97 Å². The van der Waals surface area contributed by atoms with E-state index in [0.717, 1.165) is 11.1 Å². The van der Waals surface area contributed by atoms with Crippen LogP contribution in [0.1, 0.15) is 30.9 Å². The van der Waals surface area contributed by atoms with Gasteiger partial charge in [0, 0.05) is 6.08 Å². The zero-order valence-electron chi connectivity index (χ0n) is 11.2. The van der Waals surface area contributed by atoms with Crippen molar-refractivity contribution in [3.63, 3.8) is 0 Å². The third kappa shape index (κ3) is 5.38. The van der Waals surface area contributed by atoms with Gasteiger partial charge in [-0.3, -0.25) is 4.79 Å². The average Bonchev–Trinajstić information content (AvgIpc) is 2.36. The number of aliphatic carboxylic acids is 1. The van der Waals surface area contributed by atoms with Crippen molar-refractivity contribution in [1.29, 1.82) is 0 Å². The van der Waals surface area contributed by atoms with Gasteiger partial charge in [-0.25, -0.2) is 4.79 Å². The van der Waals surface area contributed by atoms with Gasteiger partial charge in [0.2, 0.25) is 5.91 Å². The van der Waals surface area contributed by atoms with E-state index in [2.05, 4.69) is 5.32 Å². The molecule has 19 heavy (non-hydrogen) atoms. The fourth-order valence-corrected chi connectivity index (χ4v) is 1.71. The summed E-state index contributed by atoms with van der Waals surface area (Å²) in [4.78, 5) is 22.5. The molecule has 1 aromatic rings. The van der Waals surface area contributed by atoms with E-state index in [-0.39, 0.29) is 5.91 Å². The van der Waals surface area contributed by atoms with E-state index in [9.17, 15) is 9.59 Å². The molecule has 0 radical (unpaired) electrons. The largest absolute Gasteiger partial charge is 0.480 e. The van der Waals surface area contributed by atoms with Crippen molar-refractivity contribution in [2.24, 2.45) is 0 Å². The van der Waals surface area contributed by atoms with Crippen LogP contribution in [0.4, 0.5) is 0 Å². The van der Waals surface area contributed by atoms with Crippen molar-refractivity contribution < 1.29 is 14.7 Å². The summed E-state index contributed by atoms with van der Waals surface area (Å²) >= 11 is 0. The lowest BCUT2D eigenvalue weighted by atomic mass is 10.1. The second-order valence-corrected chi connectivity index (χ2v) is 4.44. The Kier molecular flexibility index (Phi) is 5.79. The summed E-state index contributed by atoms with van der Waals surface area (Å²) in [5.41, 5.74) is 2.02. The van der Waals surface area contributed by atoms with Crippen LogP contribution in [0.5, 0.6) is 0 Å². The minimum atomic E-state index is -1.00. The third-order valence-corrected chi connectivity index (χ3v) is 2.66. The van der Waals surface area contributed by atoms with Crippen LogP contribution < -0.4 is 5.32 Å². The van der Waals surface area contributed by atoms with Crippen LogP contribution in [0, 0.1) is 6.92 Å². The molecular weight excluding hydrogens is 242 g/mol. The quantitative estimate of drug-likeness (QED) is 0.773. The van der Waals surface area contributed by atoms with E-state index in [0.29, 0.717) is 12.8 Å². The molecule has 0 aliphatic heterocycles. The summed E-state index contributed by atoms with van der Waals surface area (Å²) < 4.78 is 0. The first-order valence-electron chi connectivity index (χ1n) is 6.31. The van der Waals surface area contributed by atoms with Gasteiger partial charge < -0.3 is 10.4 Å². The second-order valence-electron chi connectivity index (χ2n) is 4.44. The highest BCUT2D eigenvalue weighted by atomic mass is 16.4. The van der Waals surface area contributed by atoms with Crippen LogP contribution in [-0.2, 0) is 9.59 Å². The predicted molar refractivity (Wildman–Crippen MR) is 74.7 cm³/mol. The van der Waals surface area contributed by atoms with E-state index in [4.69, 9.17) is 5.11 Å². The molecule has 1 atom stereocenters. The Morgan fingerprint density at radius 1 is 1.42 bits per heavy atom. The second kappa shape index (κ2) is 7.36. The molecule has 1 rings (SSSR count). The highest BCUT2D eigenvalue weighted by Gasteiger charge is 2.17. The van der Waals surface area contributed by atoms with E-state index >= 15 is 0 Å². The summed E-state index contributed by atoms with van der Waals surface area (Å²) in [6, 6.07) is 6.89.